The fourth-order valence-corrected chi connectivity index (χ4v) is 1.90. The monoisotopic (exact) mass is 180 g/mol. The van der Waals surface area contributed by atoms with E-state index in [0.29, 0.717) is 0 Å². The average molecular weight is 181 g/mol. The highest BCUT2D eigenvalue weighted by molar-refractivity contribution is 6.30. The number of hydrogen-bond donors (Lipinski definition) is 0. The molecule has 1 aliphatic carbocycles. The van der Waals surface area contributed by atoms with Gasteiger partial charge in [-0.05, 0) is 55.4 Å². The minimum atomic E-state index is 0.880. The molecule has 1 saturated carbocycles. The predicted molar refractivity (Wildman–Crippen MR) is 52.6 cm³/mol. The third kappa shape index (κ3) is 2.01. The van der Waals surface area contributed by atoms with E-state index < -0.39 is 0 Å². The first kappa shape index (κ1) is 8.12. The summed E-state index contributed by atoms with van der Waals surface area (Å²) >= 11 is 5.95. The van der Waals surface area contributed by atoms with Crippen molar-refractivity contribution >= 4 is 11.6 Å². The van der Waals surface area contributed by atoms with Gasteiger partial charge in [0.05, 0.1) is 0 Å². The molecule has 1 fully saturated rings. The van der Waals surface area contributed by atoms with Gasteiger partial charge in [-0.3, -0.25) is 0 Å². The second-order valence-electron chi connectivity index (χ2n) is 3.78. The molecule has 0 bridgehead atoms. The normalized spacial score (nSPS) is 16.5. The first-order chi connectivity index (χ1) is 5.74. The molecule has 0 amide bonds. The van der Waals surface area contributed by atoms with Crippen molar-refractivity contribution in [1.82, 2.24) is 0 Å². The molecule has 1 heteroatoms. The molecule has 0 heterocycles. The van der Waals surface area contributed by atoms with Crippen LogP contribution in [0.1, 0.15) is 24.0 Å². The number of benzene rings is 1. The second-order valence-corrected chi connectivity index (χ2v) is 4.22. The van der Waals surface area contributed by atoms with Gasteiger partial charge in [-0.15, -0.1) is 0 Å². The highest BCUT2D eigenvalue weighted by Crippen LogP contribution is 2.33. The Morgan fingerprint density at radius 1 is 1.33 bits per heavy atom. The van der Waals surface area contributed by atoms with Gasteiger partial charge in [0.2, 0.25) is 0 Å². The van der Waals surface area contributed by atoms with Crippen molar-refractivity contribution in [3.05, 3.63) is 34.3 Å². The fraction of sp³-hybridized carbons (Fsp3) is 0.455. The van der Waals surface area contributed by atoms with Crippen molar-refractivity contribution in [3.8, 4) is 0 Å². The Bertz CT molecular complexity index is 267. The minimum absolute atomic E-state index is 0.880. The van der Waals surface area contributed by atoms with Crippen LogP contribution >= 0.6 is 11.6 Å². The van der Waals surface area contributed by atoms with E-state index in [1.54, 1.807) is 0 Å². The lowest BCUT2D eigenvalue weighted by Gasteiger charge is -2.01. The van der Waals surface area contributed by atoms with Gasteiger partial charge in [-0.2, -0.15) is 0 Å². The number of aryl methyl sites for hydroxylation is 1. The van der Waals surface area contributed by atoms with E-state index in [2.05, 4.69) is 19.1 Å². The van der Waals surface area contributed by atoms with Crippen LogP contribution in [0.2, 0.25) is 5.02 Å². The molecule has 0 unspecified atom stereocenters. The zero-order valence-corrected chi connectivity index (χ0v) is 8.06. The fourth-order valence-electron chi connectivity index (χ4n) is 1.59. The lowest BCUT2D eigenvalue weighted by Crippen LogP contribution is -1.87. The predicted octanol–water partition coefficient (Wildman–Crippen LogP) is 3.60. The van der Waals surface area contributed by atoms with E-state index in [1.165, 1.54) is 30.4 Å². The van der Waals surface area contributed by atoms with Crippen LogP contribution in [0.3, 0.4) is 0 Å². The van der Waals surface area contributed by atoms with Gasteiger partial charge in [0.25, 0.3) is 0 Å². The lowest BCUT2D eigenvalue weighted by molar-refractivity contribution is 0.831. The van der Waals surface area contributed by atoms with Crippen molar-refractivity contribution in [2.75, 3.05) is 0 Å². The molecule has 1 aliphatic rings. The maximum absolute atomic E-state index is 5.95. The number of hydrogen-bond acceptors (Lipinski definition) is 0. The lowest BCUT2D eigenvalue weighted by atomic mass is 10.1. The summed E-state index contributed by atoms with van der Waals surface area (Å²) in [7, 11) is 0. The third-order valence-electron chi connectivity index (χ3n) is 2.32. The zero-order valence-electron chi connectivity index (χ0n) is 7.31. The Morgan fingerprint density at radius 2 is 2.08 bits per heavy atom. The van der Waals surface area contributed by atoms with Gasteiger partial charge in [0.1, 0.15) is 0 Å². The molecule has 64 valence electrons. The summed E-state index contributed by atoms with van der Waals surface area (Å²) in [6.07, 6.45) is 4.04. The first-order valence-electron chi connectivity index (χ1n) is 4.50. The van der Waals surface area contributed by atoms with E-state index in [-0.39, 0.29) is 0 Å². The van der Waals surface area contributed by atoms with E-state index in [9.17, 15) is 0 Å². The smallest absolute Gasteiger partial charge is 0.0411 e. The molecule has 0 radical (unpaired) electrons. The summed E-state index contributed by atoms with van der Waals surface area (Å²) in [5, 5.41) is 0.880. The standard InChI is InChI=1S/C11H13Cl/c1-8-4-10(6-9-2-3-9)7-11(12)5-8/h4-5,7,9H,2-3,6H2,1H3. The molecule has 1 aromatic carbocycles. The number of halogens is 1. The highest BCUT2D eigenvalue weighted by atomic mass is 35.5. The molecule has 0 atom stereocenters. The van der Waals surface area contributed by atoms with Gasteiger partial charge in [0.15, 0.2) is 0 Å². The summed E-state index contributed by atoms with van der Waals surface area (Å²) in [4.78, 5) is 0. The quantitative estimate of drug-likeness (QED) is 0.653. The van der Waals surface area contributed by atoms with Gasteiger partial charge >= 0.3 is 0 Å². The maximum Gasteiger partial charge on any atom is 0.0411 e. The van der Waals surface area contributed by atoms with Crippen molar-refractivity contribution < 1.29 is 0 Å². The van der Waals surface area contributed by atoms with E-state index in [1.807, 2.05) is 6.07 Å². The molecular formula is C11H13Cl. The van der Waals surface area contributed by atoms with Crippen molar-refractivity contribution in [1.29, 1.82) is 0 Å². The topological polar surface area (TPSA) is 0 Å². The van der Waals surface area contributed by atoms with E-state index in [0.717, 1.165) is 10.9 Å². The molecule has 0 N–H and O–H groups in total. The molecule has 1 aromatic rings. The molecule has 0 aromatic heterocycles. The maximum atomic E-state index is 5.95. The molecule has 2 rings (SSSR count). The van der Waals surface area contributed by atoms with Crippen molar-refractivity contribution in [3.63, 3.8) is 0 Å². The summed E-state index contributed by atoms with van der Waals surface area (Å²) < 4.78 is 0. The molecule has 12 heavy (non-hydrogen) atoms. The summed E-state index contributed by atoms with van der Waals surface area (Å²) in [6, 6.07) is 6.34. The van der Waals surface area contributed by atoms with Gasteiger partial charge < -0.3 is 0 Å². The van der Waals surface area contributed by atoms with Gasteiger partial charge in [-0.1, -0.05) is 17.7 Å². The molecule has 0 saturated heterocycles. The highest BCUT2D eigenvalue weighted by Gasteiger charge is 2.21. The summed E-state index contributed by atoms with van der Waals surface area (Å²) in [5.41, 5.74) is 2.68. The largest absolute Gasteiger partial charge is 0.0843 e. The van der Waals surface area contributed by atoms with Gasteiger partial charge in [-0.25, -0.2) is 0 Å². The average Bonchev–Trinajstić information content (AvgIpc) is 2.68. The van der Waals surface area contributed by atoms with Crippen LogP contribution in [0.5, 0.6) is 0 Å². The minimum Gasteiger partial charge on any atom is -0.0843 e. The van der Waals surface area contributed by atoms with Gasteiger partial charge in [0, 0.05) is 5.02 Å². The molecule has 0 aliphatic heterocycles. The van der Waals surface area contributed by atoms with Crippen LogP contribution in [0.25, 0.3) is 0 Å². The molecule has 0 spiro atoms. The molecular weight excluding hydrogens is 168 g/mol. The van der Waals surface area contributed by atoms with Crippen LogP contribution in [0, 0.1) is 12.8 Å². The Hall–Kier alpha value is -0.490. The Morgan fingerprint density at radius 3 is 2.67 bits per heavy atom. The molecule has 0 nitrogen and oxygen atoms in total. The van der Waals surface area contributed by atoms with E-state index >= 15 is 0 Å². The van der Waals surface area contributed by atoms with Crippen LogP contribution < -0.4 is 0 Å². The van der Waals surface area contributed by atoms with Crippen LogP contribution in [0.15, 0.2) is 18.2 Å². The van der Waals surface area contributed by atoms with Crippen LogP contribution in [-0.2, 0) is 6.42 Å². The Balaban J connectivity index is 2.18. The van der Waals surface area contributed by atoms with Crippen molar-refractivity contribution in [2.24, 2.45) is 5.92 Å². The zero-order chi connectivity index (χ0) is 8.55. The van der Waals surface area contributed by atoms with Crippen LogP contribution in [-0.4, -0.2) is 0 Å². The summed E-state index contributed by atoms with van der Waals surface area (Å²) in [5.74, 6) is 0.947. The van der Waals surface area contributed by atoms with Crippen LogP contribution in [0.4, 0.5) is 0 Å². The first-order valence-corrected chi connectivity index (χ1v) is 4.88. The summed E-state index contributed by atoms with van der Waals surface area (Å²) in [6.45, 7) is 2.10. The third-order valence-corrected chi connectivity index (χ3v) is 2.54. The Kier molecular flexibility index (Phi) is 2.10. The Labute approximate surface area is 78.6 Å². The van der Waals surface area contributed by atoms with Crippen molar-refractivity contribution in [2.45, 2.75) is 26.2 Å². The second kappa shape index (κ2) is 3.10. The number of rotatable bonds is 2. The SMILES string of the molecule is Cc1cc(Cl)cc(CC2CC2)c1. The van der Waals surface area contributed by atoms with E-state index in [4.69, 9.17) is 11.6 Å².